The zero-order valence-electron chi connectivity index (χ0n) is 8.96. The van der Waals surface area contributed by atoms with Crippen LogP contribution in [0.2, 0.25) is 0 Å². The standard InChI is InChI=1S/C10H15N5/c1-7(2)3-4-11-9-8-10(13-5-12-8)15-6-14-9/h3,5,15H,4,6H2,1-2H3,(H,11,14)(H,12,13). The van der Waals surface area contributed by atoms with Crippen molar-refractivity contribution in [1.82, 2.24) is 15.3 Å². The van der Waals surface area contributed by atoms with Gasteiger partial charge in [-0.3, -0.25) is 0 Å². The van der Waals surface area contributed by atoms with E-state index in [1.165, 1.54) is 5.57 Å². The maximum atomic E-state index is 4.33. The molecule has 2 heterocycles. The van der Waals surface area contributed by atoms with Crippen LogP contribution in [0.25, 0.3) is 0 Å². The van der Waals surface area contributed by atoms with E-state index >= 15 is 0 Å². The second kappa shape index (κ2) is 4.16. The molecule has 1 aromatic heterocycles. The Morgan fingerprint density at radius 3 is 3.27 bits per heavy atom. The molecule has 3 N–H and O–H groups in total. The van der Waals surface area contributed by atoms with E-state index in [1.54, 1.807) is 6.33 Å². The van der Waals surface area contributed by atoms with Gasteiger partial charge in [0.1, 0.15) is 12.4 Å². The van der Waals surface area contributed by atoms with Crippen LogP contribution in [-0.2, 0) is 0 Å². The lowest BCUT2D eigenvalue weighted by Crippen LogP contribution is -2.29. The van der Waals surface area contributed by atoms with Gasteiger partial charge in [0.2, 0.25) is 0 Å². The van der Waals surface area contributed by atoms with Crippen LogP contribution >= 0.6 is 0 Å². The molecule has 0 amide bonds. The molecule has 2 rings (SSSR count). The second-order valence-electron chi connectivity index (χ2n) is 3.63. The molecule has 15 heavy (non-hydrogen) atoms. The zero-order chi connectivity index (χ0) is 10.7. The number of fused-ring (bicyclic) bond motifs is 1. The summed E-state index contributed by atoms with van der Waals surface area (Å²) in [6.45, 7) is 5.52. The number of amidine groups is 1. The van der Waals surface area contributed by atoms with Crippen molar-refractivity contribution in [2.24, 2.45) is 4.99 Å². The summed E-state index contributed by atoms with van der Waals surface area (Å²) in [6.07, 6.45) is 3.79. The lowest BCUT2D eigenvalue weighted by Gasteiger charge is -2.14. The lowest BCUT2D eigenvalue weighted by atomic mass is 10.3. The van der Waals surface area contributed by atoms with Gasteiger partial charge in [0.25, 0.3) is 0 Å². The van der Waals surface area contributed by atoms with Crippen molar-refractivity contribution in [1.29, 1.82) is 0 Å². The smallest absolute Gasteiger partial charge is 0.156 e. The predicted molar refractivity (Wildman–Crippen MR) is 61.0 cm³/mol. The highest BCUT2D eigenvalue weighted by Crippen LogP contribution is 2.12. The van der Waals surface area contributed by atoms with E-state index in [1.807, 2.05) is 0 Å². The summed E-state index contributed by atoms with van der Waals surface area (Å²) in [5.41, 5.74) is 2.23. The number of H-pyrrole nitrogens is 1. The van der Waals surface area contributed by atoms with Gasteiger partial charge in [-0.2, -0.15) is 0 Å². The molecule has 5 nitrogen and oxygen atoms in total. The molecule has 0 saturated carbocycles. The molecular weight excluding hydrogens is 190 g/mol. The fraction of sp³-hybridized carbons (Fsp3) is 0.400. The van der Waals surface area contributed by atoms with E-state index in [2.05, 4.69) is 45.5 Å². The number of hydrogen-bond donors (Lipinski definition) is 3. The highest BCUT2D eigenvalue weighted by Gasteiger charge is 2.14. The van der Waals surface area contributed by atoms with E-state index in [0.717, 1.165) is 23.9 Å². The Morgan fingerprint density at radius 1 is 1.60 bits per heavy atom. The molecule has 0 unspecified atom stereocenters. The highest BCUT2D eigenvalue weighted by atomic mass is 15.2. The molecule has 0 spiro atoms. The lowest BCUT2D eigenvalue weighted by molar-refractivity contribution is 0.974. The van der Waals surface area contributed by atoms with Crippen LogP contribution in [0, 0.1) is 0 Å². The van der Waals surface area contributed by atoms with Crippen LogP contribution in [0.3, 0.4) is 0 Å². The molecule has 0 atom stereocenters. The fourth-order valence-electron chi connectivity index (χ4n) is 1.38. The maximum Gasteiger partial charge on any atom is 0.156 e. The Kier molecular flexibility index (Phi) is 2.71. The summed E-state index contributed by atoms with van der Waals surface area (Å²) < 4.78 is 0. The quantitative estimate of drug-likeness (QED) is 0.633. The van der Waals surface area contributed by atoms with Crippen molar-refractivity contribution in [3.63, 3.8) is 0 Å². The Morgan fingerprint density at radius 2 is 2.47 bits per heavy atom. The topological polar surface area (TPSA) is 65.1 Å². The molecule has 1 aromatic rings. The van der Waals surface area contributed by atoms with Gasteiger partial charge in [0.05, 0.1) is 6.33 Å². The normalized spacial score (nSPS) is 13.6. The highest BCUT2D eigenvalue weighted by molar-refractivity contribution is 6.02. The minimum atomic E-state index is 0.578. The van der Waals surface area contributed by atoms with Crippen molar-refractivity contribution in [2.45, 2.75) is 13.8 Å². The molecule has 1 aliphatic rings. The predicted octanol–water partition coefficient (Wildman–Crippen LogP) is 1.10. The molecule has 0 radical (unpaired) electrons. The van der Waals surface area contributed by atoms with Crippen LogP contribution in [-0.4, -0.2) is 29.0 Å². The van der Waals surface area contributed by atoms with Crippen LogP contribution in [0.4, 0.5) is 5.82 Å². The first kappa shape index (κ1) is 9.76. The van der Waals surface area contributed by atoms with Gasteiger partial charge < -0.3 is 15.6 Å². The van der Waals surface area contributed by atoms with Gasteiger partial charge in [-0.15, -0.1) is 0 Å². The molecule has 1 aliphatic heterocycles. The number of rotatable bonds is 2. The third-order valence-electron chi connectivity index (χ3n) is 2.14. The van der Waals surface area contributed by atoms with E-state index in [0.29, 0.717) is 6.67 Å². The number of nitrogens with one attached hydrogen (secondary N) is 3. The summed E-state index contributed by atoms with van der Waals surface area (Å²) in [4.78, 5) is 11.5. The molecule has 0 fully saturated rings. The van der Waals surface area contributed by atoms with Crippen molar-refractivity contribution in [3.05, 3.63) is 23.7 Å². The minimum Gasteiger partial charge on any atom is -0.365 e. The summed E-state index contributed by atoms with van der Waals surface area (Å²) in [5, 5.41) is 6.34. The number of aromatic nitrogens is 2. The van der Waals surface area contributed by atoms with Crippen molar-refractivity contribution in [2.75, 3.05) is 18.5 Å². The third kappa shape index (κ3) is 2.18. The molecule has 5 heteroatoms. The van der Waals surface area contributed by atoms with Gasteiger partial charge in [0.15, 0.2) is 11.7 Å². The first-order chi connectivity index (χ1) is 7.27. The number of hydrogen-bond acceptors (Lipinski definition) is 4. The fourth-order valence-corrected chi connectivity index (χ4v) is 1.38. The summed E-state index contributed by atoms with van der Waals surface area (Å²) in [5.74, 6) is 1.74. The third-order valence-corrected chi connectivity index (χ3v) is 2.14. The van der Waals surface area contributed by atoms with Crippen molar-refractivity contribution < 1.29 is 0 Å². The molecule has 0 aliphatic carbocycles. The van der Waals surface area contributed by atoms with Crippen molar-refractivity contribution in [3.8, 4) is 0 Å². The van der Waals surface area contributed by atoms with E-state index in [9.17, 15) is 0 Å². The molecule has 0 bridgehead atoms. The first-order valence-corrected chi connectivity index (χ1v) is 4.96. The first-order valence-electron chi connectivity index (χ1n) is 4.96. The summed E-state index contributed by atoms with van der Waals surface area (Å²) >= 11 is 0. The minimum absolute atomic E-state index is 0.578. The average molecular weight is 205 g/mol. The Bertz CT molecular complexity index is 398. The van der Waals surface area contributed by atoms with Crippen LogP contribution in [0.5, 0.6) is 0 Å². The average Bonchev–Trinajstić information content (AvgIpc) is 2.65. The summed E-state index contributed by atoms with van der Waals surface area (Å²) in [7, 11) is 0. The van der Waals surface area contributed by atoms with E-state index < -0.39 is 0 Å². The van der Waals surface area contributed by atoms with E-state index in [-0.39, 0.29) is 0 Å². The van der Waals surface area contributed by atoms with Gasteiger partial charge in [-0.25, -0.2) is 9.98 Å². The number of nitrogens with zero attached hydrogens (tertiary/aromatic N) is 2. The zero-order valence-corrected chi connectivity index (χ0v) is 8.96. The number of allylic oxidation sites excluding steroid dienone is 1. The SMILES string of the molecule is CC(C)=CCNC1=NCNc2nc[nH]c21. The molecule has 0 aromatic carbocycles. The van der Waals surface area contributed by atoms with Crippen LogP contribution in [0.1, 0.15) is 19.5 Å². The molecule has 0 saturated heterocycles. The van der Waals surface area contributed by atoms with Gasteiger partial charge >= 0.3 is 0 Å². The summed E-state index contributed by atoms with van der Waals surface area (Å²) in [6, 6.07) is 0. The second-order valence-corrected chi connectivity index (χ2v) is 3.63. The molecular formula is C10H15N5. The van der Waals surface area contributed by atoms with Gasteiger partial charge in [-0.1, -0.05) is 11.6 Å². The number of aromatic amines is 1. The number of imidazole rings is 1. The Labute approximate surface area is 88.7 Å². The largest absolute Gasteiger partial charge is 0.365 e. The van der Waals surface area contributed by atoms with Gasteiger partial charge in [-0.05, 0) is 13.8 Å². The monoisotopic (exact) mass is 205 g/mol. The van der Waals surface area contributed by atoms with Crippen LogP contribution < -0.4 is 10.6 Å². The number of aliphatic imine (C=N–C) groups is 1. The van der Waals surface area contributed by atoms with Gasteiger partial charge in [0, 0.05) is 6.54 Å². The molecule has 80 valence electrons. The number of anilines is 1. The Balaban J connectivity index is 2.05. The maximum absolute atomic E-state index is 4.33. The van der Waals surface area contributed by atoms with Crippen molar-refractivity contribution >= 4 is 11.7 Å². The van der Waals surface area contributed by atoms with Crippen LogP contribution in [0.15, 0.2) is 23.0 Å². The van der Waals surface area contributed by atoms with E-state index in [4.69, 9.17) is 0 Å². The Hall–Kier alpha value is -1.78.